The molecule has 0 radical (unpaired) electrons. The number of aromatic hydroxyl groups is 1. The minimum atomic E-state index is 0.0505. The molecule has 1 aromatic carbocycles. The Morgan fingerprint density at radius 2 is 1.76 bits per heavy atom. The summed E-state index contributed by atoms with van der Waals surface area (Å²) in [6, 6.07) is 4.92. The Hall–Kier alpha value is -1.55. The molecule has 0 saturated carbocycles. The van der Waals surface area contributed by atoms with Crippen LogP contribution in [0.3, 0.4) is 0 Å². The van der Waals surface area contributed by atoms with Gasteiger partial charge in [-0.1, -0.05) is 13.8 Å². The summed E-state index contributed by atoms with van der Waals surface area (Å²) >= 11 is 0. The van der Waals surface area contributed by atoms with Crippen LogP contribution < -0.4 is 0 Å². The van der Waals surface area contributed by atoms with Crippen LogP contribution in [-0.2, 0) is 0 Å². The largest absolute Gasteiger partial charge is 0.508 e. The predicted molar refractivity (Wildman–Crippen MR) is 86.8 cm³/mol. The summed E-state index contributed by atoms with van der Waals surface area (Å²) in [6.45, 7) is 12.8. The fraction of sp³-hybridized carbons (Fsp3) is 0.588. The molecule has 0 atom stereocenters. The molecule has 21 heavy (non-hydrogen) atoms. The second-order valence-electron chi connectivity index (χ2n) is 5.26. The van der Waals surface area contributed by atoms with Gasteiger partial charge in [0, 0.05) is 18.7 Å². The highest BCUT2D eigenvalue weighted by molar-refractivity contribution is 5.95. The van der Waals surface area contributed by atoms with Crippen LogP contribution in [0.4, 0.5) is 0 Å². The molecule has 0 heterocycles. The average Bonchev–Trinajstić information content (AvgIpc) is 2.47. The van der Waals surface area contributed by atoms with Crippen LogP contribution in [0, 0.1) is 6.92 Å². The summed E-state index contributed by atoms with van der Waals surface area (Å²) in [5.74, 6) is 0.253. The van der Waals surface area contributed by atoms with Gasteiger partial charge in [-0.25, -0.2) is 0 Å². The van der Waals surface area contributed by atoms with Crippen molar-refractivity contribution in [1.82, 2.24) is 9.80 Å². The Kier molecular flexibility index (Phi) is 7.23. The number of aryl methyl sites for hydroxylation is 1. The van der Waals surface area contributed by atoms with Gasteiger partial charge >= 0.3 is 0 Å². The zero-order valence-electron chi connectivity index (χ0n) is 13.7. The predicted octanol–water partition coefficient (Wildman–Crippen LogP) is 2.89. The van der Waals surface area contributed by atoms with Crippen molar-refractivity contribution in [3.8, 4) is 5.75 Å². The molecule has 118 valence electrons. The maximum Gasteiger partial charge on any atom is 0.254 e. The molecule has 4 nitrogen and oxygen atoms in total. The van der Waals surface area contributed by atoms with E-state index < -0.39 is 0 Å². The van der Waals surface area contributed by atoms with Crippen LogP contribution in [0.1, 0.15) is 43.1 Å². The number of nitrogens with zero attached hydrogens (tertiary/aromatic N) is 2. The van der Waals surface area contributed by atoms with Gasteiger partial charge in [0.25, 0.3) is 5.91 Å². The molecule has 0 bridgehead atoms. The lowest BCUT2D eigenvalue weighted by Gasteiger charge is -2.24. The molecule has 0 spiro atoms. The molecule has 1 N–H and O–H groups in total. The van der Waals surface area contributed by atoms with Gasteiger partial charge in [0.2, 0.25) is 0 Å². The quantitative estimate of drug-likeness (QED) is 0.801. The van der Waals surface area contributed by atoms with Crippen LogP contribution >= 0.6 is 0 Å². The molecular formula is C17H28N2O2. The lowest BCUT2D eigenvalue weighted by molar-refractivity contribution is 0.0756. The van der Waals surface area contributed by atoms with Gasteiger partial charge in [0.05, 0.1) is 0 Å². The van der Waals surface area contributed by atoms with Gasteiger partial charge < -0.3 is 14.9 Å². The number of carbonyl (C=O) groups excluding carboxylic acids is 1. The van der Waals surface area contributed by atoms with E-state index in [2.05, 4.69) is 18.7 Å². The molecule has 0 aliphatic rings. The van der Waals surface area contributed by atoms with Gasteiger partial charge in [-0.2, -0.15) is 0 Å². The lowest BCUT2D eigenvalue weighted by atomic mass is 10.1. The Bertz CT molecular complexity index is 456. The Labute approximate surface area is 128 Å². The van der Waals surface area contributed by atoms with Gasteiger partial charge in [0.1, 0.15) is 5.75 Å². The number of rotatable bonds is 8. The highest BCUT2D eigenvalue weighted by Crippen LogP contribution is 2.17. The third-order valence-corrected chi connectivity index (χ3v) is 3.91. The van der Waals surface area contributed by atoms with E-state index in [-0.39, 0.29) is 11.7 Å². The number of hydrogen-bond donors (Lipinski definition) is 1. The highest BCUT2D eigenvalue weighted by atomic mass is 16.3. The van der Waals surface area contributed by atoms with E-state index in [4.69, 9.17) is 0 Å². The van der Waals surface area contributed by atoms with Crippen molar-refractivity contribution in [2.24, 2.45) is 0 Å². The van der Waals surface area contributed by atoms with Crippen molar-refractivity contribution in [1.29, 1.82) is 0 Å². The molecule has 1 rings (SSSR count). The van der Waals surface area contributed by atoms with Gasteiger partial charge in [-0.15, -0.1) is 0 Å². The first-order valence-electron chi connectivity index (χ1n) is 7.84. The molecule has 0 aromatic heterocycles. The number of phenolic OH excluding ortho intramolecular Hbond substituents is 1. The monoisotopic (exact) mass is 292 g/mol. The second kappa shape index (κ2) is 8.67. The Balaban J connectivity index is 2.64. The smallest absolute Gasteiger partial charge is 0.254 e. The summed E-state index contributed by atoms with van der Waals surface area (Å²) in [5, 5.41) is 9.44. The summed E-state index contributed by atoms with van der Waals surface area (Å²) in [6.07, 6.45) is 0.985. The standard InChI is InChI=1S/C17H28N2O2/c1-5-18(6-2)11-8-12-19(7-3)17(21)16-10-9-15(20)13-14(16)4/h9-10,13,20H,5-8,11-12H2,1-4H3. The average molecular weight is 292 g/mol. The van der Waals surface area contributed by atoms with Crippen LogP contribution in [0.5, 0.6) is 5.75 Å². The van der Waals surface area contributed by atoms with E-state index in [0.29, 0.717) is 12.1 Å². The summed E-state index contributed by atoms with van der Waals surface area (Å²) in [5.41, 5.74) is 1.50. The van der Waals surface area contributed by atoms with E-state index in [0.717, 1.165) is 38.2 Å². The van der Waals surface area contributed by atoms with E-state index >= 15 is 0 Å². The molecule has 0 fully saturated rings. The SMILES string of the molecule is CCN(CC)CCCN(CC)C(=O)c1ccc(O)cc1C. The third-order valence-electron chi connectivity index (χ3n) is 3.91. The van der Waals surface area contributed by atoms with Gasteiger partial charge in [0.15, 0.2) is 0 Å². The first kappa shape index (κ1) is 17.5. The molecule has 0 unspecified atom stereocenters. The van der Waals surface area contributed by atoms with Gasteiger partial charge in [-0.05, 0) is 63.7 Å². The lowest BCUT2D eigenvalue weighted by Crippen LogP contribution is -2.34. The van der Waals surface area contributed by atoms with E-state index in [1.165, 1.54) is 0 Å². The number of hydrogen-bond acceptors (Lipinski definition) is 3. The second-order valence-corrected chi connectivity index (χ2v) is 5.26. The third kappa shape index (κ3) is 5.05. The summed E-state index contributed by atoms with van der Waals surface area (Å²) in [4.78, 5) is 16.8. The molecule has 4 heteroatoms. The van der Waals surface area contributed by atoms with Crippen molar-refractivity contribution >= 4 is 5.91 Å². The van der Waals surface area contributed by atoms with Crippen LogP contribution in [-0.4, -0.2) is 53.5 Å². The minimum Gasteiger partial charge on any atom is -0.508 e. The molecule has 0 aliphatic carbocycles. The van der Waals surface area contributed by atoms with Crippen LogP contribution in [0.2, 0.25) is 0 Å². The number of carbonyl (C=O) groups is 1. The zero-order valence-corrected chi connectivity index (χ0v) is 13.7. The van der Waals surface area contributed by atoms with Gasteiger partial charge in [-0.3, -0.25) is 4.79 Å². The first-order valence-corrected chi connectivity index (χ1v) is 7.84. The maximum absolute atomic E-state index is 12.6. The maximum atomic E-state index is 12.6. The van der Waals surface area contributed by atoms with Crippen molar-refractivity contribution in [2.75, 3.05) is 32.7 Å². The first-order chi connectivity index (χ1) is 10.0. The molecule has 1 amide bonds. The van der Waals surface area contributed by atoms with Crippen molar-refractivity contribution in [2.45, 2.75) is 34.1 Å². The van der Waals surface area contributed by atoms with E-state index in [1.54, 1.807) is 18.2 Å². The molecule has 0 saturated heterocycles. The normalized spacial score (nSPS) is 10.9. The molecule has 1 aromatic rings. The zero-order chi connectivity index (χ0) is 15.8. The number of phenols is 1. The van der Waals surface area contributed by atoms with E-state index in [1.807, 2.05) is 18.7 Å². The highest BCUT2D eigenvalue weighted by Gasteiger charge is 2.16. The topological polar surface area (TPSA) is 43.8 Å². The summed E-state index contributed by atoms with van der Waals surface area (Å²) in [7, 11) is 0. The van der Waals surface area contributed by atoms with Crippen LogP contribution in [0.25, 0.3) is 0 Å². The molecule has 0 aliphatic heterocycles. The summed E-state index contributed by atoms with van der Waals surface area (Å²) < 4.78 is 0. The fourth-order valence-corrected chi connectivity index (χ4v) is 2.49. The number of benzene rings is 1. The van der Waals surface area contributed by atoms with Crippen molar-refractivity contribution < 1.29 is 9.90 Å². The fourth-order valence-electron chi connectivity index (χ4n) is 2.49. The Morgan fingerprint density at radius 3 is 2.29 bits per heavy atom. The number of amides is 1. The van der Waals surface area contributed by atoms with E-state index in [9.17, 15) is 9.90 Å². The minimum absolute atomic E-state index is 0.0505. The van der Waals surface area contributed by atoms with Crippen LogP contribution in [0.15, 0.2) is 18.2 Å². The van der Waals surface area contributed by atoms with Crippen molar-refractivity contribution in [3.05, 3.63) is 29.3 Å². The van der Waals surface area contributed by atoms with Crippen molar-refractivity contribution in [3.63, 3.8) is 0 Å². The molecular weight excluding hydrogens is 264 g/mol. The Morgan fingerprint density at radius 1 is 1.10 bits per heavy atom.